The number of nitrogens with two attached hydrogens (primary N) is 1. The maximum Gasteiger partial charge on any atom is 0.127 e. The fourth-order valence-electron chi connectivity index (χ4n) is 2.39. The summed E-state index contributed by atoms with van der Waals surface area (Å²) in [4.78, 5) is 2.33. The van der Waals surface area contributed by atoms with Gasteiger partial charge in [-0.2, -0.15) is 0 Å². The van der Waals surface area contributed by atoms with Crippen LogP contribution in [-0.2, 0) is 17.8 Å². The van der Waals surface area contributed by atoms with Gasteiger partial charge in [-0.05, 0) is 25.5 Å². The molecule has 1 aromatic rings. The minimum atomic E-state index is -0.219. The number of hydrogen-bond donors (Lipinski definition) is 1. The molecule has 1 fully saturated rings. The summed E-state index contributed by atoms with van der Waals surface area (Å²) in [5.41, 5.74) is 7.11. The minimum Gasteiger partial charge on any atom is -0.373 e. The van der Waals surface area contributed by atoms with Gasteiger partial charge in [-0.15, -0.1) is 0 Å². The van der Waals surface area contributed by atoms with E-state index >= 15 is 0 Å². The monoisotopic (exact) mass is 252 g/mol. The fraction of sp³-hybridized carbons (Fsp3) is 0.571. The van der Waals surface area contributed by atoms with E-state index in [9.17, 15) is 4.39 Å². The number of ether oxygens (including phenoxy) is 1. The second kappa shape index (κ2) is 5.34. The molecule has 1 aliphatic heterocycles. The van der Waals surface area contributed by atoms with E-state index in [1.807, 2.05) is 12.1 Å². The lowest BCUT2D eigenvalue weighted by atomic mass is 10.1. The molecule has 0 aliphatic carbocycles. The molecule has 1 saturated heterocycles. The molecular weight excluding hydrogens is 231 g/mol. The quantitative estimate of drug-likeness (QED) is 0.893. The number of hydrogen-bond acceptors (Lipinski definition) is 3. The van der Waals surface area contributed by atoms with Crippen LogP contribution in [0.5, 0.6) is 0 Å². The van der Waals surface area contributed by atoms with Crippen molar-refractivity contribution in [1.29, 1.82) is 0 Å². The summed E-state index contributed by atoms with van der Waals surface area (Å²) in [6, 6.07) is 5.19. The van der Waals surface area contributed by atoms with Gasteiger partial charge in [0, 0.05) is 31.7 Å². The minimum absolute atomic E-state index is 0.102. The van der Waals surface area contributed by atoms with Crippen molar-refractivity contribution in [3.8, 4) is 0 Å². The van der Waals surface area contributed by atoms with E-state index in [1.54, 1.807) is 0 Å². The third-order valence-electron chi connectivity index (χ3n) is 3.24. The van der Waals surface area contributed by atoms with E-state index in [1.165, 1.54) is 6.07 Å². The molecule has 100 valence electrons. The molecule has 0 atom stereocenters. The number of benzene rings is 1. The first-order valence-corrected chi connectivity index (χ1v) is 6.34. The van der Waals surface area contributed by atoms with E-state index < -0.39 is 0 Å². The van der Waals surface area contributed by atoms with Crippen LogP contribution in [-0.4, -0.2) is 30.2 Å². The molecule has 4 heteroatoms. The van der Waals surface area contributed by atoms with Crippen LogP contribution in [0.2, 0.25) is 0 Å². The first kappa shape index (κ1) is 13.5. The highest BCUT2D eigenvalue weighted by atomic mass is 19.1. The van der Waals surface area contributed by atoms with Crippen molar-refractivity contribution in [2.75, 3.05) is 19.7 Å². The number of morpholine rings is 1. The fourth-order valence-corrected chi connectivity index (χ4v) is 2.39. The van der Waals surface area contributed by atoms with Gasteiger partial charge in [-0.1, -0.05) is 12.1 Å². The van der Waals surface area contributed by atoms with Gasteiger partial charge < -0.3 is 10.5 Å². The van der Waals surface area contributed by atoms with Crippen LogP contribution < -0.4 is 5.73 Å². The highest BCUT2D eigenvalue weighted by Gasteiger charge is 2.26. The second-order valence-electron chi connectivity index (χ2n) is 5.45. The summed E-state index contributed by atoms with van der Waals surface area (Å²) in [6.45, 7) is 7.80. The van der Waals surface area contributed by atoms with Gasteiger partial charge >= 0.3 is 0 Å². The van der Waals surface area contributed by atoms with Crippen LogP contribution in [0, 0.1) is 5.82 Å². The Kier molecular flexibility index (Phi) is 4.00. The number of nitrogens with zero attached hydrogens (tertiary/aromatic N) is 1. The summed E-state index contributed by atoms with van der Waals surface area (Å²) < 4.78 is 19.0. The zero-order valence-electron chi connectivity index (χ0n) is 11.1. The van der Waals surface area contributed by atoms with Crippen LogP contribution in [0.15, 0.2) is 18.2 Å². The lowest BCUT2D eigenvalue weighted by Gasteiger charge is -2.38. The second-order valence-corrected chi connectivity index (χ2v) is 5.45. The van der Waals surface area contributed by atoms with E-state index in [2.05, 4.69) is 18.7 Å². The van der Waals surface area contributed by atoms with E-state index in [4.69, 9.17) is 10.5 Å². The summed E-state index contributed by atoms with van der Waals surface area (Å²) in [6.07, 6.45) is 0. The Hall–Kier alpha value is -0.970. The zero-order valence-corrected chi connectivity index (χ0v) is 11.1. The largest absolute Gasteiger partial charge is 0.373 e. The average molecular weight is 252 g/mol. The maximum absolute atomic E-state index is 13.4. The molecule has 0 saturated carbocycles. The van der Waals surface area contributed by atoms with Crippen LogP contribution in [0.3, 0.4) is 0 Å². The maximum atomic E-state index is 13.4. The molecule has 1 aromatic carbocycles. The van der Waals surface area contributed by atoms with Gasteiger partial charge in [0.15, 0.2) is 0 Å². The van der Waals surface area contributed by atoms with E-state index in [0.717, 1.165) is 31.8 Å². The van der Waals surface area contributed by atoms with Crippen molar-refractivity contribution in [3.05, 3.63) is 35.1 Å². The lowest BCUT2D eigenvalue weighted by molar-refractivity contribution is -0.0882. The van der Waals surface area contributed by atoms with Gasteiger partial charge in [-0.25, -0.2) is 4.39 Å². The molecule has 2 N–H and O–H groups in total. The Bertz CT molecular complexity index is 420. The third-order valence-corrected chi connectivity index (χ3v) is 3.24. The van der Waals surface area contributed by atoms with Crippen molar-refractivity contribution in [3.63, 3.8) is 0 Å². The molecule has 1 heterocycles. The first-order valence-electron chi connectivity index (χ1n) is 6.34. The van der Waals surface area contributed by atoms with E-state index in [0.29, 0.717) is 5.56 Å². The molecule has 1 aliphatic rings. The van der Waals surface area contributed by atoms with Crippen molar-refractivity contribution in [1.82, 2.24) is 4.90 Å². The average Bonchev–Trinajstić information content (AvgIpc) is 2.30. The highest BCUT2D eigenvalue weighted by Crippen LogP contribution is 2.19. The van der Waals surface area contributed by atoms with Gasteiger partial charge in [0.1, 0.15) is 5.82 Å². The predicted molar refractivity (Wildman–Crippen MR) is 69.6 cm³/mol. The lowest BCUT2D eigenvalue weighted by Crippen LogP contribution is -2.47. The Labute approximate surface area is 108 Å². The van der Waals surface area contributed by atoms with Crippen LogP contribution >= 0.6 is 0 Å². The smallest absolute Gasteiger partial charge is 0.127 e. The Morgan fingerprint density at radius 1 is 1.44 bits per heavy atom. The van der Waals surface area contributed by atoms with Crippen LogP contribution in [0.25, 0.3) is 0 Å². The highest BCUT2D eigenvalue weighted by molar-refractivity contribution is 5.25. The molecule has 2 rings (SSSR count). The zero-order chi connectivity index (χ0) is 13.2. The number of rotatable bonds is 3. The Morgan fingerprint density at radius 2 is 2.22 bits per heavy atom. The summed E-state index contributed by atoms with van der Waals surface area (Å²) in [7, 11) is 0. The molecular formula is C14H21FN2O. The normalized spacial score (nSPS) is 20.0. The third kappa shape index (κ3) is 3.28. The van der Waals surface area contributed by atoms with E-state index in [-0.39, 0.29) is 18.0 Å². The summed E-state index contributed by atoms with van der Waals surface area (Å²) in [5.74, 6) is -0.219. The molecule has 0 amide bonds. The van der Waals surface area contributed by atoms with Gasteiger partial charge in [0.05, 0.1) is 12.2 Å². The Morgan fingerprint density at radius 3 is 2.89 bits per heavy atom. The van der Waals surface area contributed by atoms with Crippen molar-refractivity contribution >= 4 is 0 Å². The van der Waals surface area contributed by atoms with Gasteiger partial charge in [0.25, 0.3) is 0 Å². The molecule has 3 nitrogen and oxygen atoms in total. The SMILES string of the molecule is CC1(C)CN(Cc2ccc(F)c(CN)c2)CCO1. The van der Waals surface area contributed by atoms with Crippen LogP contribution in [0.1, 0.15) is 25.0 Å². The van der Waals surface area contributed by atoms with Crippen molar-refractivity contribution < 1.29 is 9.13 Å². The Balaban J connectivity index is 2.05. The standard InChI is InChI=1S/C14H21FN2O/c1-14(2)10-17(5-6-18-14)9-11-3-4-13(15)12(7-11)8-16/h3-4,7H,5-6,8-10,16H2,1-2H3. The van der Waals surface area contributed by atoms with Gasteiger partial charge in [0.2, 0.25) is 0 Å². The summed E-state index contributed by atoms with van der Waals surface area (Å²) in [5, 5.41) is 0. The van der Waals surface area contributed by atoms with Crippen molar-refractivity contribution in [2.24, 2.45) is 5.73 Å². The van der Waals surface area contributed by atoms with Crippen molar-refractivity contribution in [2.45, 2.75) is 32.5 Å². The molecule has 0 unspecified atom stereocenters. The number of halogens is 1. The molecule has 0 spiro atoms. The summed E-state index contributed by atoms with van der Waals surface area (Å²) >= 11 is 0. The topological polar surface area (TPSA) is 38.5 Å². The predicted octanol–water partition coefficient (Wildman–Crippen LogP) is 1.90. The molecule has 0 bridgehead atoms. The molecule has 0 aromatic heterocycles. The van der Waals surface area contributed by atoms with Crippen LogP contribution in [0.4, 0.5) is 4.39 Å². The van der Waals surface area contributed by atoms with Gasteiger partial charge in [-0.3, -0.25) is 4.90 Å². The molecule has 0 radical (unpaired) electrons. The first-order chi connectivity index (χ1) is 8.50. The molecule has 18 heavy (non-hydrogen) atoms.